The van der Waals surface area contributed by atoms with Crippen LogP contribution in [0.15, 0.2) is 24.4 Å². The molecule has 3 unspecified atom stereocenters. The van der Waals surface area contributed by atoms with E-state index in [-0.39, 0.29) is 18.6 Å². The summed E-state index contributed by atoms with van der Waals surface area (Å²) in [5, 5.41) is 7.12. The first-order valence-electron chi connectivity index (χ1n) is 9.91. The summed E-state index contributed by atoms with van der Waals surface area (Å²) in [7, 11) is 3.50. The lowest BCUT2D eigenvalue weighted by Gasteiger charge is -2.37. The number of carbonyl (C=O) groups excluding carboxylic acids is 1. The van der Waals surface area contributed by atoms with Crippen LogP contribution in [0, 0.1) is 5.92 Å². The van der Waals surface area contributed by atoms with Gasteiger partial charge in [-0.2, -0.15) is 13.2 Å². The van der Waals surface area contributed by atoms with E-state index in [0.717, 1.165) is 38.2 Å². The Kier molecular flexibility index (Phi) is 9.20. The van der Waals surface area contributed by atoms with Crippen LogP contribution in [0.1, 0.15) is 18.5 Å². The van der Waals surface area contributed by atoms with Gasteiger partial charge in [-0.25, -0.2) is 4.79 Å². The number of likely N-dealkylation sites (N-methyl/N-ethyl adjacent to an activating group) is 1. The number of alkyl halides is 3. The molecule has 0 aromatic carbocycles. The standard InChI is InChI=1S/C18H27N3O3.C2HF3O2/c1-20(2)18(22)13-23-12-14-9-16-17(10-14)24-8-7-21(16)11-15-5-3-4-6-19-15;3-2(4,5)1(6)7/h3-6,14,16-17H,7-13H2,1-2H3;(H,6,7). The van der Waals surface area contributed by atoms with Crippen molar-refractivity contribution in [1.29, 1.82) is 0 Å². The average molecular weight is 447 g/mol. The molecule has 31 heavy (non-hydrogen) atoms. The number of rotatable bonds is 6. The smallest absolute Gasteiger partial charge is 0.475 e. The van der Waals surface area contributed by atoms with Gasteiger partial charge in [0, 0.05) is 39.4 Å². The van der Waals surface area contributed by atoms with Crippen LogP contribution in [-0.2, 0) is 25.6 Å². The highest BCUT2D eigenvalue weighted by atomic mass is 19.4. The Hall–Kier alpha value is -2.24. The molecule has 174 valence electrons. The predicted molar refractivity (Wildman–Crippen MR) is 104 cm³/mol. The lowest BCUT2D eigenvalue weighted by Crippen LogP contribution is -2.47. The summed E-state index contributed by atoms with van der Waals surface area (Å²) >= 11 is 0. The molecule has 0 bridgehead atoms. The molecule has 1 aliphatic carbocycles. The number of aliphatic carboxylic acids is 1. The minimum atomic E-state index is -5.08. The number of fused-ring (bicyclic) bond motifs is 1. The number of hydrogen-bond donors (Lipinski definition) is 1. The molecule has 0 radical (unpaired) electrons. The molecule has 0 spiro atoms. The van der Waals surface area contributed by atoms with Gasteiger partial charge in [0.15, 0.2) is 0 Å². The monoisotopic (exact) mass is 447 g/mol. The van der Waals surface area contributed by atoms with Crippen molar-refractivity contribution < 1.29 is 37.3 Å². The van der Waals surface area contributed by atoms with Crippen LogP contribution in [0.4, 0.5) is 13.2 Å². The number of morpholine rings is 1. The summed E-state index contributed by atoms with van der Waals surface area (Å²) < 4.78 is 43.3. The molecule has 1 saturated carbocycles. The number of carbonyl (C=O) groups is 2. The van der Waals surface area contributed by atoms with Crippen LogP contribution in [0.25, 0.3) is 0 Å². The fourth-order valence-corrected chi connectivity index (χ4v) is 3.60. The minimum absolute atomic E-state index is 0.0124. The Morgan fingerprint density at radius 2 is 2.03 bits per heavy atom. The molecule has 1 amide bonds. The maximum atomic E-state index is 11.6. The van der Waals surface area contributed by atoms with Gasteiger partial charge < -0.3 is 19.5 Å². The fraction of sp³-hybridized carbons (Fsp3) is 0.650. The fourth-order valence-electron chi connectivity index (χ4n) is 3.60. The van der Waals surface area contributed by atoms with Gasteiger partial charge >= 0.3 is 12.1 Å². The Labute approximate surface area is 178 Å². The van der Waals surface area contributed by atoms with Gasteiger partial charge in [-0.15, -0.1) is 0 Å². The zero-order valence-corrected chi connectivity index (χ0v) is 17.5. The Morgan fingerprint density at radius 1 is 1.32 bits per heavy atom. The molecule has 1 saturated heterocycles. The topological polar surface area (TPSA) is 92.2 Å². The zero-order chi connectivity index (χ0) is 23.0. The third kappa shape index (κ3) is 8.08. The number of hydrogen-bond acceptors (Lipinski definition) is 6. The van der Waals surface area contributed by atoms with Crippen molar-refractivity contribution in [2.45, 2.75) is 37.7 Å². The molecule has 11 heteroatoms. The lowest BCUT2D eigenvalue weighted by molar-refractivity contribution is -0.192. The Balaban J connectivity index is 0.000000423. The maximum Gasteiger partial charge on any atom is 0.490 e. The molecular formula is C20H28F3N3O5. The van der Waals surface area contributed by atoms with E-state index in [1.807, 2.05) is 18.3 Å². The van der Waals surface area contributed by atoms with Crippen molar-refractivity contribution in [3.8, 4) is 0 Å². The highest BCUT2D eigenvalue weighted by molar-refractivity contribution is 5.76. The first kappa shape index (κ1) is 25.0. The third-order valence-corrected chi connectivity index (χ3v) is 5.16. The summed E-state index contributed by atoms with van der Waals surface area (Å²) in [4.78, 5) is 29.0. The Bertz CT molecular complexity index is 718. The number of amides is 1. The minimum Gasteiger partial charge on any atom is -0.475 e. The summed E-state index contributed by atoms with van der Waals surface area (Å²) in [6, 6.07) is 6.49. The van der Waals surface area contributed by atoms with Crippen LogP contribution < -0.4 is 0 Å². The molecule has 1 aromatic heterocycles. The SMILES string of the molecule is CN(C)C(=O)COCC1CC2OCCN(Cc3ccccn3)C2C1.O=C(O)C(F)(F)F. The van der Waals surface area contributed by atoms with Gasteiger partial charge in [-0.05, 0) is 30.9 Å². The van der Waals surface area contributed by atoms with Crippen LogP contribution >= 0.6 is 0 Å². The van der Waals surface area contributed by atoms with Crippen molar-refractivity contribution in [3.05, 3.63) is 30.1 Å². The number of carboxylic acid groups (broad SMARTS) is 1. The van der Waals surface area contributed by atoms with E-state index in [4.69, 9.17) is 19.4 Å². The number of pyridine rings is 1. The molecule has 3 atom stereocenters. The van der Waals surface area contributed by atoms with Gasteiger partial charge in [0.1, 0.15) is 6.61 Å². The van der Waals surface area contributed by atoms with E-state index < -0.39 is 12.1 Å². The van der Waals surface area contributed by atoms with Crippen molar-refractivity contribution in [1.82, 2.24) is 14.8 Å². The second-order valence-corrected chi connectivity index (χ2v) is 7.71. The van der Waals surface area contributed by atoms with Gasteiger partial charge in [0.2, 0.25) is 5.91 Å². The van der Waals surface area contributed by atoms with Gasteiger partial charge in [-0.3, -0.25) is 14.7 Å². The van der Waals surface area contributed by atoms with E-state index in [1.54, 1.807) is 19.0 Å². The number of nitrogens with zero attached hydrogens (tertiary/aromatic N) is 3. The van der Waals surface area contributed by atoms with Gasteiger partial charge in [0.25, 0.3) is 0 Å². The molecule has 1 N–H and O–H groups in total. The first-order chi connectivity index (χ1) is 14.6. The van der Waals surface area contributed by atoms with E-state index in [9.17, 15) is 18.0 Å². The normalized spacial score (nSPS) is 23.5. The highest BCUT2D eigenvalue weighted by Crippen LogP contribution is 2.35. The predicted octanol–water partition coefficient (Wildman–Crippen LogP) is 1.80. The van der Waals surface area contributed by atoms with Crippen LogP contribution in [0.2, 0.25) is 0 Å². The molecule has 1 aromatic rings. The molecular weight excluding hydrogens is 419 g/mol. The summed E-state index contributed by atoms with van der Waals surface area (Å²) in [6.07, 6.45) is -0.881. The number of carboxylic acids is 1. The maximum absolute atomic E-state index is 11.6. The largest absolute Gasteiger partial charge is 0.490 e. The highest BCUT2D eigenvalue weighted by Gasteiger charge is 2.41. The second kappa shape index (κ2) is 11.4. The molecule has 2 aliphatic rings. The molecule has 2 heterocycles. The van der Waals surface area contributed by atoms with Gasteiger partial charge in [-0.1, -0.05) is 6.07 Å². The van der Waals surface area contributed by atoms with Crippen molar-refractivity contribution in [2.24, 2.45) is 5.92 Å². The van der Waals surface area contributed by atoms with Crippen LogP contribution in [0.3, 0.4) is 0 Å². The van der Waals surface area contributed by atoms with Crippen LogP contribution in [-0.4, -0.2) is 90.5 Å². The van der Waals surface area contributed by atoms with E-state index >= 15 is 0 Å². The van der Waals surface area contributed by atoms with E-state index in [0.29, 0.717) is 18.6 Å². The number of halogens is 3. The van der Waals surface area contributed by atoms with Crippen LogP contribution in [0.5, 0.6) is 0 Å². The van der Waals surface area contributed by atoms with Crippen molar-refractivity contribution in [3.63, 3.8) is 0 Å². The second-order valence-electron chi connectivity index (χ2n) is 7.71. The van der Waals surface area contributed by atoms with Gasteiger partial charge in [0.05, 0.1) is 25.0 Å². The summed E-state index contributed by atoms with van der Waals surface area (Å²) in [5.74, 6) is -2.29. The quantitative estimate of drug-likeness (QED) is 0.711. The summed E-state index contributed by atoms with van der Waals surface area (Å²) in [5.41, 5.74) is 1.11. The van der Waals surface area contributed by atoms with Crippen molar-refractivity contribution in [2.75, 3.05) is 40.5 Å². The zero-order valence-electron chi connectivity index (χ0n) is 17.5. The average Bonchev–Trinajstić information content (AvgIpc) is 3.12. The number of aromatic nitrogens is 1. The lowest BCUT2D eigenvalue weighted by atomic mass is 10.1. The molecule has 3 rings (SSSR count). The molecule has 2 fully saturated rings. The third-order valence-electron chi connectivity index (χ3n) is 5.16. The van der Waals surface area contributed by atoms with E-state index in [1.165, 1.54) is 0 Å². The Morgan fingerprint density at radius 3 is 2.61 bits per heavy atom. The molecule has 8 nitrogen and oxygen atoms in total. The summed E-state index contributed by atoms with van der Waals surface area (Å²) in [6.45, 7) is 3.40. The van der Waals surface area contributed by atoms with Crippen molar-refractivity contribution >= 4 is 11.9 Å². The first-order valence-corrected chi connectivity index (χ1v) is 9.91. The number of ether oxygens (including phenoxy) is 2. The van der Waals surface area contributed by atoms with E-state index in [2.05, 4.69) is 16.0 Å². The molecule has 1 aliphatic heterocycles.